The van der Waals surface area contributed by atoms with Crippen LogP contribution in [0.25, 0.3) is 5.82 Å². The molecule has 1 saturated heterocycles. The zero-order valence-electron chi connectivity index (χ0n) is 13.8. The lowest BCUT2D eigenvalue weighted by atomic mass is 10.1. The number of carbonyl (C=O) groups excluding carboxylic acids is 1. The van der Waals surface area contributed by atoms with Crippen molar-refractivity contribution in [3.05, 3.63) is 30.4 Å². The summed E-state index contributed by atoms with van der Waals surface area (Å²) < 4.78 is 1.73. The molecule has 7 nitrogen and oxygen atoms in total. The van der Waals surface area contributed by atoms with E-state index in [1.807, 2.05) is 44.0 Å². The molecule has 3 rings (SSSR count). The first-order chi connectivity index (χ1) is 11.0. The first-order valence-corrected chi connectivity index (χ1v) is 7.94. The molecule has 1 aliphatic heterocycles. The van der Waals surface area contributed by atoms with Gasteiger partial charge in [0.25, 0.3) is 0 Å². The number of aryl methyl sites for hydroxylation is 1. The second kappa shape index (κ2) is 6.36. The van der Waals surface area contributed by atoms with Crippen LogP contribution in [0, 0.1) is 12.8 Å². The average molecular weight is 314 g/mol. The molecule has 0 atom stereocenters. The van der Waals surface area contributed by atoms with Crippen LogP contribution in [0.5, 0.6) is 0 Å². The normalized spacial score (nSPS) is 15.3. The Hall–Kier alpha value is -2.44. The minimum atomic E-state index is 0.0502. The molecular formula is C16H22N6O. The Morgan fingerprint density at radius 3 is 2.43 bits per heavy atom. The summed E-state index contributed by atoms with van der Waals surface area (Å²) in [6.07, 6.45) is 3.60. The Labute approximate surface area is 135 Å². The summed E-state index contributed by atoms with van der Waals surface area (Å²) in [7, 11) is 0. The van der Waals surface area contributed by atoms with Gasteiger partial charge in [-0.3, -0.25) is 4.79 Å². The van der Waals surface area contributed by atoms with Crippen LogP contribution in [0.1, 0.15) is 19.7 Å². The van der Waals surface area contributed by atoms with Gasteiger partial charge in [0, 0.05) is 50.6 Å². The zero-order chi connectivity index (χ0) is 16.4. The molecule has 2 aromatic rings. The van der Waals surface area contributed by atoms with Crippen LogP contribution in [0.4, 0.5) is 5.82 Å². The van der Waals surface area contributed by atoms with Gasteiger partial charge < -0.3 is 9.80 Å². The Kier molecular flexibility index (Phi) is 4.27. The largest absolute Gasteiger partial charge is 0.353 e. The van der Waals surface area contributed by atoms with Gasteiger partial charge >= 0.3 is 0 Å². The molecule has 3 heterocycles. The van der Waals surface area contributed by atoms with Gasteiger partial charge in [0.2, 0.25) is 5.91 Å². The number of anilines is 1. The Morgan fingerprint density at radius 1 is 1.13 bits per heavy atom. The minimum absolute atomic E-state index is 0.0502. The Balaban J connectivity index is 1.75. The average Bonchev–Trinajstić information content (AvgIpc) is 3.08. The zero-order valence-corrected chi connectivity index (χ0v) is 13.8. The molecule has 0 spiro atoms. The monoisotopic (exact) mass is 314 g/mol. The van der Waals surface area contributed by atoms with Crippen LogP contribution >= 0.6 is 0 Å². The lowest BCUT2D eigenvalue weighted by Gasteiger charge is -2.36. The fourth-order valence-electron chi connectivity index (χ4n) is 2.74. The van der Waals surface area contributed by atoms with E-state index in [0.29, 0.717) is 5.82 Å². The molecular weight excluding hydrogens is 292 g/mol. The van der Waals surface area contributed by atoms with Crippen LogP contribution in [-0.2, 0) is 4.79 Å². The van der Waals surface area contributed by atoms with Crippen molar-refractivity contribution >= 4 is 11.7 Å². The van der Waals surface area contributed by atoms with Crippen LogP contribution in [0.2, 0.25) is 0 Å². The summed E-state index contributed by atoms with van der Waals surface area (Å²) in [6.45, 7) is 8.81. The molecule has 0 unspecified atom stereocenters. The van der Waals surface area contributed by atoms with E-state index < -0.39 is 0 Å². The Morgan fingerprint density at radius 2 is 1.83 bits per heavy atom. The maximum Gasteiger partial charge on any atom is 0.225 e. The van der Waals surface area contributed by atoms with Crippen molar-refractivity contribution in [3.63, 3.8) is 0 Å². The molecule has 0 aliphatic carbocycles. The van der Waals surface area contributed by atoms with E-state index in [-0.39, 0.29) is 11.8 Å². The maximum absolute atomic E-state index is 12.1. The standard InChI is InChI=1S/C16H22N6O/c1-12(2)16(23)21-9-7-20(8-10-21)14-11-15(19-13(3)18-14)22-6-4-5-17-22/h4-6,11-12H,7-10H2,1-3H3. The van der Waals surface area contributed by atoms with E-state index in [4.69, 9.17) is 0 Å². The highest BCUT2D eigenvalue weighted by atomic mass is 16.2. The lowest BCUT2D eigenvalue weighted by Crippen LogP contribution is -2.50. The summed E-state index contributed by atoms with van der Waals surface area (Å²) in [6, 6.07) is 3.81. The molecule has 0 radical (unpaired) electrons. The van der Waals surface area contributed by atoms with E-state index in [9.17, 15) is 4.79 Å². The first-order valence-electron chi connectivity index (χ1n) is 7.94. The SMILES string of the molecule is Cc1nc(N2CCN(C(=O)C(C)C)CC2)cc(-n2cccn2)n1. The fraction of sp³-hybridized carbons (Fsp3) is 0.500. The van der Waals surface area contributed by atoms with Crippen LogP contribution in [-0.4, -0.2) is 56.7 Å². The van der Waals surface area contributed by atoms with Crippen LogP contribution in [0.3, 0.4) is 0 Å². The summed E-state index contributed by atoms with van der Waals surface area (Å²) in [5.41, 5.74) is 0. The number of piperazine rings is 1. The third-order valence-corrected chi connectivity index (χ3v) is 3.96. The van der Waals surface area contributed by atoms with Gasteiger partial charge in [-0.1, -0.05) is 13.8 Å². The number of rotatable bonds is 3. The smallest absolute Gasteiger partial charge is 0.225 e. The molecule has 0 aromatic carbocycles. The third-order valence-electron chi connectivity index (χ3n) is 3.96. The van der Waals surface area contributed by atoms with Crippen molar-refractivity contribution < 1.29 is 4.79 Å². The van der Waals surface area contributed by atoms with Gasteiger partial charge in [-0.05, 0) is 13.0 Å². The van der Waals surface area contributed by atoms with Crippen molar-refractivity contribution in [1.82, 2.24) is 24.6 Å². The number of amides is 1. The molecule has 2 aromatic heterocycles. The first kappa shape index (κ1) is 15.5. The minimum Gasteiger partial charge on any atom is -0.353 e. The molecule has 0 bridgehead atoms. The Bertz CT molecular complexity index is 674. The maximum atomic E-state index is 12.1. The van der Waals surface area contributed by atoms with E-state index in [0.717, 1.165) is 37.8 Å². The highest BCUT2D eigenvalue weighted by Gasteiger charge is 2.24. The molecule has 1 fully saturated rings. The summed E-state index contributed by atoms with van der Waals surface area (Å²) in [5, 5.41) is 4.22. The summed E-state index contributed by atoms with van der Waals surface area (Å²) in [5.74, 6) is 2.64. The quantitative estimate of drug-likeness (QED) is 0.853. The molecule has 23 heavy (non-hydrogen) atoms. The number of carbonyl (C=O) groups is 1. The molecule has 7 heteroatoms. The van der Waals surface area contributed by atoms with Gasteiger partial charge in [0.05, 0.1) is 0 Å². The van der Waals surface area contributed by atoms with Gasteiger partial charge in [-0.15, -0.1) is 0 Å². The highest BCUT2D eigenvalue weighted by molar-refractivity contribution is 5.78. The van der Waals surface area contributed by atoms with E-state index in [2.05, 4.69) is 20.0 Å². The second-order valence-corrected chi connectivity index (χ2v) is 6.05. The van der Waals surface area contributed by atoms with Crippen molar-refractivity contribution in [2.75, 3.05) is 31.1 Å². The predicted octanol–water partition coefficient (Wildman–Crippen LogP) is 1.28. The van der Waals surface area contributed by atoms with E-state index >= 15 is 0 Å². The number of hydrogen-bond donors (Lipinski definition) is 0. The van der Waals surface area contributed by atoms with E-state index in [1.165, 1.54) is 0 Å². The molecule has 0 saturated carbocycles. The number of aromatic nitrogens is 4. The topological polar surface area (TPSA) is 67.2 Å². The van der Waals surface area contributed by atoms with Crippen molar-refractivity contribution in [1.29, 1.82) is 0 Å². The molecule has 1 amide bonds. The van der Waals surface area contributed by atoms with Crippen molar-refractivity contribution in [2.45, 2.75) is 20.8 Å². The second-order valence-electron chi connectivity index (χ2n) is 6.05. The van der Waals surface area contributed by atoms with Gasteiger partial charge in [-0.25, -0.2) is 14.6 Å². The molecule has 1 aliphatic rings. The van der Waals surface area contributed by atoms with Crippen molar-refractivity contribution in [3.8, 4) is 5.82 Å². The highest BCUT2D eigenvalue weighted by Crippen LogP contribution is 2.17. The summed E-state index contributed by atoms with van der Waals surface area (Å²) >= 11 is 0. The predicted molar refractivity (Wildman–Crippen MR) is 87.5 cm³/mol. The van der Waals surface area contributed by atoms with Crippen molar-refractivity contribution in [2.24, 2.45) is 5.92 Å². The lowest BCUT2D eigenvalue weighted by molar-refractivity contribution is -0.134. The van der Waals surface area contributed by atoms with Gasteiger partial charge in [-0.2, -0.15) is 5.10 Å². The summed E-state index contributed by atoms with van der Waals surface area (Å²) in [4.78, 5) is 25.2. The fourth-order valence-corrected chi connectivity index (χ4v) is 2.74. The van der Waals surface area contributed by atoms with Crippen LogP contribution < -0.4 is 4.90 Å². The number of nitrogens with zero attached hydrogens (tertiary/aromatic N) is 6. The van der Waals surface area contributed by atoms with Gasteiger partial charge in [0.15, 0.2) is 5.82 Å². The number of hydrogen-bond acceptors (Lipinski definition) is 5. The molecule has 0 N–H and O–H groups in total. The van der Waals surface area contributed by atoms with Crippen LogP contribution in [0.15, 0.2) is 24.5 Å². The molecule has 122 valence electrons. The van der Waals surface area contributed by atoms with Gasteiger partial charge in [0.1, 0.15) is 11.6 Å². The van der Waals surface area contributed by atoms with E-state index in [1.54, 1.807) is 10.9 Å². The third kappa shape index (κ3) is 3.33.